The van der Waals surface area contributed by atoms with E-state index in [9.17, 15) is 30.7 Å². The maximum Gasteiger partial charge on any atom is 0.167 e. The van der Waals surface area contributed by atoms with Crippen LogP contribution in [-0.2, 0) is 77.0 Å². The molecule has 702 valence electrons. The maximum absolute atomic E-state index is 14.6. The Bertz CT molecular complexity index is 6620. The highest BCUT2D eigenvalue weighted by Crippen LogP contribution is 2.38. The van der Waals surface area contributed by atoms with Crippen molar-refractivity contribution in [3.63, 3.8) is 0 Å². The summed E-state index contributed by atoms with van der Waals surface area (Å²) in [6, 6.07) is 129. The van der Waals surface area contributed by atoms with Gasteiger partial charge in [0.1, 0.15) is 29.1 Å². The van der Waals surface area contributed by atoms with Gasteiger partial charge in [-0.3, -0.25) is 0 Å². The molecule has 18 rings (SSSR count). The smallest absolute Gasteiger partial charge is 0.167 e. The molecule has 0 aliphatic carbocycles. The minimum absolute atomic E-state index is 0.121. The van der Waals surface area contributed by atoms with Gasteiger partial charge in [-0.1, -0.05) is 447 Å². The van der Waals surface area contributed by atoms with Crippen LogP contribution in [0.25, 0.3) is 134 Å². The van der Waals surface area contributed by atoms with Crippen molar-refractivity contribution in [1.82, 2.24) is 0 Å². The molecule has 0 heterocycles. The van der Waals surface area contributed by atoms with Gasteiger partial charge >= 0.3 is 0 Å². The summed E-state index contributed by atoms with van der Waals surface area (Å²) in [5, 5.41) is 0. The average molecular weight is 1840 g/mol. The van der Waals surface area contributed by atoms with Gasteiger partial charge < -0.3 is 0 Å². The molecule has 7 heteroatoms. The number of aryl methyl sites for hydroxylation is 12. The first-order valence-corrected chi connectivity index (χ1v) is 49.3. The summed E-state index contributed by atoms with van der Waals surface area (Å²) in [5.74, 6) is -2.85. The monoisotopic (exact) mass is 1840 g/mol. The van der Waals surface area contributed by atoms with Crippen molar-refractivity contribution in [3.05, 3.63) is 502 Å². The lowest BCUT2D eigenvalue weighted by atomic mass is 9.97. The highest BCUT2D eigenvalue weighted by atomic mass is 19.2. The van der Waals surface area contributed by atoms with Crippen molar-refractivity contribution in [2.45, 2.75) is 160 Å². The van der Waals surface area contributed by atoms with Crippen LogP contribution < -0.4 is 0 Å². The summed E-state index contributed by atoms with van der Waals surface area (Å²) < 4.78 is 101. The van der Waals surface area contributed by atoms with Crippen molar-refractivity contribution in [2.75, 3.05) is 0 Å². The van der Waals surface area contributed by atoms with Gasteiger partial charge in [-0.15, -0.1) is 0 Å². The van der Waals surface area contributed by atoms with Crippen LogP contribution in [0.2, 0.25) is 0 Å². The number of halogens is 7. The van der Waals surface area contributed by atoms with E-state index in [2.05, 4.69) is 263 Å². The SMILES string of the molecule is CCc1ccc(-c2cc(F)c(-c3ccc(CC)cc3)cc2F)cc1.CCc1ccc(-c2ccc(-c3ccc(CC)c(F)c3)cc2)cc1.CCc1ccc(-c2ccc(-c3ccc(CC)cc3)c(F)c2)cc1.CCc1ccc(-c2ccc(-c3ccc(CC)cc3)c(F)c2F)cc1.CCc1ccc(-c2ccc(-c3ccc(CC)cc3)cc2)cc1.CCc1ccc(-c2ccc(-c3ccc(CC)cc3F)cc2)cc1. The molecule has 0 saturated heterocycles. The van der Waals surface area contributed by atoms with E-state index in [0.29, 0.717) is 55.6 Å². The Hall–Kier alpha value is -14.5. The summed E-state index contributed by atoms with van der Waals surface area (Å²) in [5.41, 5.74) is 35.4. The Morgan fingerprint density at radius 1 is 0.115 bits per heavy atom. The molecular weight excluding hydrogens is 1720 g/mol. The van der Waals surface area contributed by atoms with Gasteiger partial charge in [0.25, 0.3) is 0 Å². The lowest BCUT2D eigenvalue weighted by molar-refractivity contribution is 0.514. The predicted molar refractivity (Wildman–Crippen MR) is 576 cm³/mol. The molecule has 0 atom stereocenters. The molecule has 0 aliphatic heterocycles. The van der Waals surface area contributed by atoms with Crippen molar-refractivity contribution >= 4 is 0 Å². The van der Waals surface area contributed by atoms with Gasteiger partial charge in [-0.05, 0) is 274 Å². The second-order valence-electron chi connectivity index (χ2n) is 34.9. The van der Waals surface area contributed by atoms with Crippen molar-refractivity contribution in [1.29, 1.82) is 0 Å². The molecule has 0 aliphatic rings. The van der Waals surface area contributed by atoms with Gasteiger partial charge in [0.15, 0.2) is 11.6 Å². The standard InChI is InChI=1S/2C22H20F2.3C22H21F.C22H22/c1-3-15-5-9-17(10-6-15)19-13-22(24)20(14-21(19)23)18-11-7-16(4-2)8-12-18;1-3-15-5-9-17(10-6-15)19-13-14-20(22(24)21(19)23)18-11-7-16(4-2)8-12-18;1-3-16-5-9-18(10-6-16)20-13-14-21(22(23)15-20)19-11-7-17(4-2)8-12-19;1-3-16-5-8-18(9-6-16)19-10-12-20(13-11-19)21-14-7-17(4-2)15-22(21)23;1-3-16-5-7-18(8-6-16)19-10-12-20(13-11-19)21-14-9-17(4-2)22(23)15-21;1-3-17-5-9-19(10-6-17)21-13-15-22(16-14-21)20-11-7-18(4-2)8-12-20/h2*5-14H,3-4H2,1-2H3;3*5-15H,3-4H2,1-2H3;5-16H,3-4H2,1-2H3. The molecule has 0 N–H and O–H groups in total. The average Bonchev–Trinajstić information content (AvgIpc) is 0.794. The van der Waals surface area contributed by atoms with Crippen LogP contribution in [0, 0.1) is 40.7 Å². The number of benzene rings is 18. The number of rotatable bonds is 24. The lowest BCUT2D eigenvalue weighted by Crippen LogP contribution is -1.94. The molecule has 18 aromatic rings. The first kappa shape index (κ1) is 102. The molecule has 0 bridgehead atoms. The molecular formula is C132H125F7. The number of hydrogen-bond donors (Lipinski definition) is 0. The Balaban J connectivity index is 0.000000141. The summed E-state index contributed by atoms with van der Waals surface area (Å²) in [6.45, 7) is 25.2. The molecule has 0 unspecified atom stereocenters. The van der Waals surface area contributed by atoms with E-state index in [4.69, 9.17) is 0 Å². The number of hydrogen-bond acceptors (Lipinski definition) is 0. The van der Waals surface area contributed by atoms with E-state index in [0.717, 1.165) is 127 Å². The van der Waals surface area contributed by atoms with E-state index < -0.39 is 23.3 Å². The molecule has 0 saturated carbocycles. The second kappa shape index (κ2) is 50.5. The van der Waals surface area contributed by atoms with E-state index in [1.807, 2.05) is 172 Å². The van der Waals surface area contributed by atoms with Gasteiger partial charge in [-0.25, -0.2) is 30.7 Å². The normalized spacial score (nSPS) is 10.8. The minimum Gasteiger partial charge on any atom is -0.207 e. The summed E-state index contributed by atoms with van der Waals surface area (Å²) in [7, 11) is 0. The molecule has 0 amide bonds. The van der Waals surface area contributed by atoms with E-state index in [-0.39, 0.29) is 17.5 Å². The van der Waals surface area contributed by atoms with Crippen LogP contribution in [0.3, 0.4) is 0 Å². The van der Waals surface area contributed by atoms with Crippen LogP contribution in [0.1, 0.15) is 150 Å². The fraction of sp³-hybridized carbons (Fsp3) is 0.182. The molecule has 0 aromatic heterocycles. The van der Waals surface area contributed by atoms with E-state index in [1.54, 1.807) is 30.3 Å². The van der Waals surface area contributed by atoms with Crippen LogP contribution in [-0.4, -0.2) is 0 Å². The topological polar surface area (TPSA) is 0 Å². The Morgan fingerprint density at radius 3 is 0.482 bits per heavy atom. The van der Waals surface area contributed by atoms with E-state index in [1.165, 1.54) is 107 Å². The summed E-state index contributed by atoms with van der Waals surface area (Å²) >= 11 is 0. The maximum atomic E-state index is 14.6. The molecule has 18 aromatic carbocycles. The predicted octanol–water partition coefficient (Wildman–Crippen LogP) is 37.8. The van der Waals surface area contributed by atoms with Gasteiger partial charge in [0, 0.05) is 33.4 Å². The molecule has 139 heavy (non-hydrogen) atoms. The first-order valence-electron chi connectivity index (χ1n) is 49.3. The molecule has 0 radical (unpaired) electrons. The third-order valence-electron chi connectivity index (χ3n) is 26.1. The third kappa shape index (κ3) is 27.1. The Kier molecular flexibility index (Phi) is 37.0. The first-order chi connectivity index (χ1) is 67.7. The highest BCUT2D eigenvalue weighted by molar-refractivity contribution is 5.78. The van der Waals surface area contributed by atoms with Crippen molar-refractivity contribution < 1.29 is 30.7 Å². The zero-order valence-electron chi connectivity index (χ0n) is 82.2. The van der Waals surface area contributed by atoms with E-state index >= 15 is 0 Å². The van der Waals surface area contributed by atoms with Crippen LogP contribution in [0.5, 0.6) is 0 Å². The highest BCUT2D eigenvalue weighted by Gasteiger charge is 2.19. The zero-order valence-corrected chi connectivity index (χ0v) is 82.2. The van der Waals surface area contributed by atoms with Gasteiger partial charge in [0.2, 0.25) is 0 Å². The van der Waals surface area contributed by atoms with Gasteiger partial charge in [-0.2, -0.15) is 0 Å². The lowest BCUT2D eigenvalue weighted by Gasteiger charge is -2.10. The molecule has 0 fully saturated rings. The van der Waals surface area contributed by atoms with Crippen molar-refractivity contribution in [3.8, 4) is 134 Å². The largest absolute Gasteiger partial charge is 0.207 e. The molecule has 0 nitrogen and oxygen atoms in total. The molecule has 0 spiro atoms. The van der Waals surface area contributed by atoms with Crippen LogP contribution in [0.4, 0.5) is 30.7 Å². The fourth-order valence-electron chi connectivity index (χ4n) is 16.8. The minimum atomic E-state index is -0.795. The third-order valence-corrected chi connectivity index (χ3v) is 26.1. The summed E-state index contributed by atoms with van der Waals surface area (Å²) in [6.07, 6.45) is 11.5. The Labute approximate surface area is 820 Å². The van der Waals surface area contributed by atoms with Crippen LogP contribution >= 0.6 is 0 Å². The van der Waals surface area contributed by atoms with Gasteiger partial charge in [0.05, 0.1) is 0 Å². The quantitative estimate of drug-likeness (QED) is 0.0529. The fourth-order valence-corrected chi connectivity index (χ4v) is 16.8. The summed E-state index contributed by atoms with van der Waals surface area (Å²) in [4.78, 5) is 0. The van der Waals surface area contributed by atoms with Crippen molar-refractivity contribution in [2.24, 2.45) is 0 Å². The van der Waals surface area contributed by atoms with Crippen LogP contribution in [0.15, 0.2) is 394 Å². The zero-order chi connectivity index (χ0) is 98.3. The Morgan fingerprint density at radius 2 is 0.266 bits per heavy atom. The second-order valence-corrected chi connectivity index (χ2v) is 34.9.